The molecule has 0 saturated carbocycles. The molecule has 0 atom stereocenters. The molecule has 1 aromatic rings. The minimum atomic E-state index is -0.163. The minimum absolute atomic E-state index is 0.163. The quantitative estimate of drug-likeness (QED) is 0.790. The number of nitrogens with two attached hydrogens (primary N) is 1. The summed E-state index contributed by atoms with van der Waals surface area (Å²) in [5.74, 6) is 0.770. The molecule has 2 rings (SSSR count). The second-order valence-electron chi connectivity index (χ2n) is 3.79. The van der Waals surface area contributed by atoms with E-state index in [1.807, 2.05) is 18.2 Å². The number of ether oxygens (including phenoxy) is 3. The summed E-state index contributed by atoms with van der Waals surface area (Å²) in [5.41, 5.74) is 7.68. The number of methoxy groups -OCH3 is 1. The van der Waals surface area contributed by atoms with Gasteiger partial charge in [0, 0.05) is 18.2 Å². The van der Waals surface area contributed by atoms with E-state index < -0.39 is 0 Å². The monoisotopic (exact) mass is 223 g/mol. The fourth-order valence-corrected chi connectivity index (χ4v) is 1.72. The van der Waals surface area contributed by atoms with Crippen LogP contribution in [0.3, 0.4) is 0 Å². The third-order valence-electron chi connectivity index (χ3n) is 2.64. The molecule has 4 heteroatoms. The molecule has 0 spiro atoms. The van der Waals surface area contributed by atoms with Gasteiger partial charge >= 0.3 is 0 Å². The Morgan fingerprint density at radius 2 is 2.12 bits per heavy atom. The van der Waals surface area contributed by atoms with Crippen LogP contribution in [0.1, 0.15) is 12.0 Å². The van der Waals surface area contributed by atoms with Gasteiger partial charge in [0.2, 0.25) is 0 Å². The van der Waals surface area contributed by atoms with E-state index in [-0.39, 0.29) is 6.29 Å². The van der Waals surface area contributed by atoms with Crippen LogP contribution in [0.2, 0.25) is 0 Å². The first-order valence-corrected chi connectivity index (χ1v) is 5.45. The SMILES string of the molecule is COc1ccc(CC2OCCCO2)c(N)c1. The van der Waals surface area contributed by atoms with Gasteiger partial charge in [-0.05, 0) is 18.1 Å². The Labute approximate surface area is 95.3 Å². The highest BCUT2D eigenvalue weighted by Gasteiger charge is 2.16. The van der Waals surface area contributed by atoms with Crippen LogP contribution in [0, 0.1) is 0 Å². The zero-order valence-electron chi connectivity index (χ0n) is 9.44. The highest BCUT2D eigenvalue weighted by Crippen LogP contribution is 2.22. The lowest BCUT2D eigenvalue weighted by atomic mass is 10.1. The van der Waals surface area contributed by atoms with E-state index in [0.717, 1.165) is 36.6 Å². The normalized spacial score (nSPS) is 17.3. The first kappa shape index (κ1) is 11.2. The summed E-state index contributed by atoms with van der Waals surface area (Å²) in [6, 6.07) is 5.67. The van der Waals surface area contributed by atoms with Crippen molar-refractivity contribution in [3.05, 3.63) is 23.8 Å². The molecular formula is C12H17NO3. The molecule has 0 bridgehead atoms. The zero-order chi connectivity index (χ0) is 11.4. The van der Waals surface area contributed by atoms with Gasteiger partial charge in [-0.2, -0.15) is 0 Å². The zero-order valence-corrected chi connectivity index (χ0v) is 9.44. The highest BCUT2D eigenvalue weighted by molar-refractivity contribution is 5.51. The third kappa shape index (κ3) is 2.65. The predicted molar refractivity (Wildman–Crippen MR) is 61.4 cm³/mol. The second kappa shape index (κ2) is 5.18. The lowest BCUT2D eigenvalue weighted by Crippen LogP contribution is -2.27. The van der Waals surface area contributed by atoms with Crippen molar-refractivity contribution in [3.8, 4) is 5.75 Å². The van der Waals surface area contributed by atoms with Crippen molar-refractivity contribution < 1.29 is 14.2 Å². The lowest BCUT2D eigenvalue weighted by Gasteiger charge is -2.23. The Morgan fingerprint density at radius 1 is 1.38 bits per heavy atom. The van der Waals surface area contributed by atoms with E-state index in [1.54, 1.807) is 7.11 Å². The molecule has 0 aliphatic carbocycles. The van der Waals surface area contributed by atoms with Crippen LogP contribution in [-0.4, -0.2) is 26.6 Å². The van der Waals surface area contributed by atoms with Crippen molar-refractivity contribution in [1.82, 2.24) is 0 Å². The molecule has 0 aromatic heterocycles. The summed E-state index contributed by atoms with van der Waals surface area (Å²) in [4.78, 5) is 0. The van der Waals surface area contributed by atoms with Crippen molar-refractivity contribution in [1.29, 1.82) is 0 Å². The van der Waals surface area contributed by atoms with Gasteiger partial charge in [-0.1, -0.05) is 6.07 Å². The molecule has 2 N–H and O–H groups in total. The number of anilines is 1. The summed E-state index contributed by atoms with van der Waals surface area (Å²) < 4.78 is 16.1. The van der Waals surface area contributed by atoms with Crippen LogP contribution in [-0.2, 0) is 15.9 Å². The van der Waals surface area contributed by atoms with Gasteiger partial charge in [-0.3, -0.25) is 0 Å². The maximum Gasteiger partial charge on any atom is 0.161 e. The molecule has 1 aliphatic heterocycles. The number of benzene rings is 1. The van der Waals surface area contributed by atoms with Gasteiger partial charge < -0.3 is 19.9 Å². The Kier molecular flexibility index (Phi) is 3.64. The lowest BCUT2D eigenvalue weighted by molar-refractivity contribution is -0.176. The van der Waals surface area contributed by atoms with E-state index in [9.17, 15) is 0 Å². The molecule has 1 aliphatic rings. The Bertz CT molecular complexity index is 348. The van der Waals surface area contributed by atoms with Gasteiger partial charge in [0.1, 0.15) is 5.75 Å². The highest BCUT2D eigenvalue weighted by atomic mass is 16.7. The van der Waals surface area contributed by atoms with E-state index in [1.165, 1.54) is 0 Å². The predicted octanol–water partition coefficient (Wildman–Crippen LogP) is 1.58. The van der Waals surface area contributed by atoms with Crippen LogP contribution in [0.15, 0.2) is 18.2 Å². The molecule has 4 nitrogen and oxygen atoms in total. The maximum absolute atomic E-state index is 5.92. The summed E-state index contributed by atoms with van der Waals surface area (Å²) in [6.07, 6.45) is 1.49. The molecular weight excluding hydrogens is 206 g/mol. The summed E-state index contributed by atoms with van der Waals surface area (Å²) >= 11 is 0. The van der Waals surface area contributed by atoms with Crippen LogP contribution >= 0.6 is 0 Å². The first-order valence-electron chi connectivity index (χ1n) is 5.45. The molecule has 1 fully saturated rings. The van der Waals surface area contributed by atoms with E-state index >= 15 is 0 Å². The van der Waals surface area contributed by atoms with Crippen LogP contribution in [0.5, 0.6) is 5.75 Å². The summed E-state index contributed by atoms with van der Waals surface area (Å²) in [6.45, 7) is 1.53. The van der Waals surface area contributed by atoms with Gasteiger partial charge in [-0.15, -0.1) is 0 Å². The van der Waals surface area contributed by atoms with Crippen molar-refractivity contribution in [2.24, 2.45) is 0 Å². The second-order valence-corrected chi connectivity index (χ2v) is 3.79. The third-order valence-corrected chi connectivity index (χ3v) is 2.64. The molecule has 88 valence electrons. The van der Waals surface area contributed by atoms with E-state index in [0.29, 0.717) is 6.42 Å². The van der Waals surface area contributed by atoms with Crippen molar-refractivity contribution in [2.75, 3.05) is 26.1 Å². The van der Waals surface area contributed by atoms with E-state index in [4.69, 9.17) is 19.9 Å². The van der Waals surface area contributed by atoms with Crippen molar-refractivity contribution in [3.63, 3.8) is 0 Å². The average molecular weight is 223 g/mol. The van der Waals surface area contributed by atoms with Gasteiger partial charge in [-0.25, -0.2) is 0 Å². The Morgan fingerprint density at radius 3 is 2.75 bits per heavy atom. The van der Waals surface area contributed by atoms with E-state index in [2.05, 4.69) is 0 Å². The topological polar surface area (TPSA) is 53.7 Å². The number of hydrogen-bond acceptors (Lipinski definition) is 4. The number of hydrogen-bond donors (Lipinski definition) is 1. The van der Waals surface area contributed by atoms with Crippen molar-refractivity contribution >= 4 is 5.69 Å². The van der Waals surface area contributed by atoms with Gasteiger partial charge in [0.05, 0.1) is 20.3 Å². The van der Waals surface area contributed by atoms with Crippen molar-refractivity contribution in [2.45, 2.75) is 19.1 Å². The molecule has 1 heterocycles. The standard InChI is InChI=1S/C12H17NO3/c1-14-10-4-3-9(11(13)8-10)7-12-15-5-2-6-16-12/h3-4,8,12H,2,5-7,13H2,1H3. The Hall–Kier alpha value is -1.26. The van der Waals surface area contributed by atoms with Crippen LogP contribution in [0.4, 0.5) is 5.69 Å². The maximum atomic E-state index is 5.92. The van der Waals surface area contributed by atoms with Crippen LogP contribution < -0.4 is 10.5 Å². The summed E-state index contributed by atoms with van der Waals surface area (Å²) in [7, 11) is 1.63. The molecule has 0 radical (unpaired) electrons. The number of nitrogen functional groups attached to an aromatic ring is 1. The van der Waals surface area contributed by atoms with Crippen LogP contribution in [0.25, 0.3) is 0 Å². The average Bonchev–Trinajstić information content (AvgIpc) is 2.33. The largest absolute Gasteiger partial charge is 0.497 e. The smallest absolute Gasteiger partial charge is 0.161 e. The minimum Gasteiger partial charge on any atom is -0.497 e. The fourth-order valence-electron chi connectivity index (χ4n) is 1.72. The summed E-state index contributed by atoms with van der Waals surface area (Å²) in [5, 5.41) is 0. The fraction of sp³-hybridized carbons (Fsp3) is 0.500. The molecule has 1 aromatic carbocycles. The van der Waals surface area contributed by atoms with Gasteiger partial charge in [0.15, 0.2) is 6.29 Å². The number of rotatable bonds is 3. The van der Waals surface area contributed by atoms with Gasteiger partial charge in [0.25, 0.3) is 0 Å². The molecule has 16 heavy (non-hydrogen) atoms. The molecule has 1 saturated heterocycles. The Balaban J connectivity index is 2.03. The molecule has 0 amide bonds. The molecule has 0 unspecified atom stereocenters. The first-order chi connectivity index (χ1) is 7.79.